The van der Waals surface area contributed by atoms with Crippen molar-refractivity contribution >= 4 is 11.6 Å². The number of rotatable bonds is 4. The van der Waals surface area contributed by atoms with Gasteiger partial charge in [-0.3, -0.25) is 4.98 Å². The monoisotopic (exact) mass is 238 g/mol. The fourth-order valence-corrected chi connectivity index (χ4v) is 2.13. The second-order valence-corrected chi connectivity index (χ2v) is 4.73. The highest BCUT2D eigenvalue weighted by Gasteiger charge is 2.12. The summed E-state index contributed by atoms with van der Waals surface area (Å²) in [4.78, 5) is 4.49. The van der Waals surface area contributed by atoms with Crippen LogP contribution < -0.4 is 5.32 Å². The van der Waals surface area contributed by atoms with Crippen molar-refractivity contribution in [1.29, 1.82) is 0 Å². The Morgan fingerprint density at radius 2 is 2.12 bits per heavy atom. The van der Waals surface area contributed by atoms with Crippen LogP contribution in [0, 0.1) is 20.8 Å². The topological polar surface area (TPSA) is 24.9 Å². The van der Waals surface area contributed by atoms with E-state index in [1.807, 2.05) is 13.8 Å². The van der Waals surface area contributed by atoms with E-state index in [9.17, 15) is 0 Å². The van der Waals surface area contributed by atoms with Crippen LogP contribution in [0.15, 0.2) is 17.7 Å². The van der Waals surface area contributed by atoms with Gasteiger partial charge in [0.25, 0.3) is 0 Å². The molecule has 1 atom stereocenters. The maximum Gasteiger partial charge on any atom is 0.0426 e. The Bertz CT molecular complexity index is 376. The molecule has 1 aromatic rings. The zero-order valence-corrected chi connectivity index (χ0v) is 11.2. The summed E-state index contributed by atoms with van der Waals surface area (Å²) in [5.41, 5.74) is 4.67. The average Bonchev–Trinajstić information content (AvgIpc) is 2.12. The highest BCUT2D eigenvalue weighted by Crippen LogP contribution is 2.21. The summed E-state index contributed by atoms with van der Waals surface area (Å²) in [5.74, 6) is 0. The summed E-state index contributed by atoms with van der Waals surface area (Å²) in [6.07, 6.45) is 0. The van der Waals surface area contributed by atoms with Crippen LogP contribution in [0.4, 0.5) is 0 Å². The van der Waals surface area contributed by atoms with Crippen LogP contribution in [-0.2, 0) is 0 Å². The number of aryl methyl sites for hydroxylation is 3. The molecule has 3 heteroatoms. The first-order valence-electron chi connectivity index (χ1n) is 5.43. The van der Waals surface area contributed by atoms with Crippen molar-refractivity contribution in [3.8, 4) is 0 Å². The number of hydrogen-bond acceptors (Lipinski definition) is 2. The van der Waals surface area contributed by atoms with Crippen molar-refractivity contribution in [3.05, 3.63) is 40.2 Å². The van der Waals surface area contributed by atoms with Crippen LogP contribution in [0.2, 0.25) is 0 Å². The fraction of sp³-hybridized carbons (Fsp3) is 0.462. The molecule has 0 aliphatic rings. The Morgan fingerprint density at radius 3 is 2.62 bits per heavy atom. The van der Waals surface area contributed by atoms with Crippen LogP contribution in [-0.4, -0.2) is 11.5 Å². The number of pyridine rings is 1. The predicted octanol–water partition coefficient (Wildman–Crippen LogP) is 3.41. The van der Waals surface area contributed by atoms with E-state index in [1.165, 1.54) is 11.1 Å². The van der Waals surface area contributed by atoms with Gasteiger partial charge < -0.3 is 5.32 Å². The third-order valence-electron chi connectivity index (χ3n) is 2.62. The van der Waals surface area contributed by atoms with E-state index in [-0.39, 0.29) is 6.04 Å². The van der Waals surface area contributed by atoms with Crippen LogP contribution in [0.5, 0.6) is 0 Å². The van der Waals surface area contributed by atoms with Gasteiger partial charge in [0.05, 0.1) is 0 Å². The Hall–Kier alpha value is -0.860. The van der Waals surface area contributed by atoms with Gasteiger partial charge in [-0.05, 0) is 44.9 Å². The molecule has 0 saturated heterocycles. The third-order valence-corrected chi connectivity index (χ3v) is 2.75. The van der Waals surface area contributed by atoms with Gasteiger partial charge in [-0.1, -0.05) is 18.2 Å². The van der Waals surface area contributed by atoms with Crippen molar-refractivity contribution in [3.63, 3.8) is 0 Å². The molecule has 0 saturated carbocycles. The highest BCUT2D eigenvalue weighted by atomic mass is 35.5. The average molecular weight is 239 g/mol. The van der Waals surface area contributed by atoms with E-state index in [1.54, 1.807) is 0 Å². The zero-order valence-electron chi connectivity index (χ0n) is 10.4. The first kappa shape index (κ1) is 13.2. The Morgan fingerprint density at radius 1 is 1.50 bits per heavy atom. The first-order valence-corrected chi connectivity index (χ1v) is 5.81. The molecule has 88 valence electrons. The molecule has 1 aromatic heterocycles. The minimum absolute atomic E-state index is 0.239. The second kappa shape index (κ2) is 5.46. The van der Waals surface area contributed by atoms with Crippen molar-refractivity contribution in [1.82, 2.24) is 10.3 Å². The maximum absolute atomic E-state index is 5.74. The number of aromatic nitrogens is 1. The predicted molar refractivity (Wildman–Crippen MR) is 69.9 cm³/mol. The number of nitrogens with zero attached hydrogens (tertiary/aromatic N) is 1. The van der Waals surface area contributed by atoms with Crippen LogP contribution in [0.25, 0.3) is 0 Å². The van der Waals surface area contributed by atoms with Gasteiger partial charge in [-0.2, -0.15) is 0 Å². The van der Waals surface area contributed by atoms with Crippen LogP contribution in [0.1, 0.15) is 35.5 Å². The molecule has 2 nitrogen and oxygen atoms in total. The number of nitrogens with one attached hydrogen (secondary N) is 1. The second-order valence-electron chi connectivity index (χ2n) is 4.20. The molecule has 0 radical (unpaired) electrons. The SMILES string of the molecule is C=C(Cl)CNC(C)c1c(C)cc(C)nc1C. The minimum Gasteiger partial charge on any atom is -0.305 e. The highest BCUT2D eigenvalue weighted by molar-refractivity contribution is 6.29. The molecule has 0 aliphatic carbocycles. The van der Waals surface area contributed by atoms with Gasteiger partial charge in [-0.15, -0.1) is 0 Å². The lowest BCUT2D eigenvalue weighted by molar-refractivity contribution is 0.604. The van der Waals surface area contributed by atoms with E-state index in [4.69, 9.17) is 11.6 Å². The lowest BCUT2D eigenvalue weighted by Crippen LogP contribution is -2.22. The van der Waals surface area contributed by atoms with E-state index >= 15 is 0 Å². The summed E-state index contributed by atoms with van der Waals surface area (Å²) in [6, 6.07) is 2.35. The van der Waals surface area contributed by atoms with Gasteiger partial charge in [0, 0.05) is 29.0 Å². The molecule has 0 spiro atoms. The molecular formula is C13H19ClN2. The van der Waals surface area contributed by atoms with Crippen molar-refractivity contribution < 1.29 is 0 Å². The van der Waals surface area contributed by atoms with Gasteiger partial charge in [-0.25, -0.2) is 0 Å². The normalized spacial score (nSPS) is 12.6. The van der Waals surface area contributed by atoms with E-state index in [2.05, 4.69) is 36.8 Å². The lowest BCUT2D eigenvalue weighted by Gasteiger charge is -2.18. The van der Waals surface area contributed by atoms with Crippen molar-refractivity contribution in [2.24, 2.45) is 0 Å². The summed E-state index contributed by atoms with van der Waals surface area (Å²) in [7, 11) is 0. The summed E-state index contributed by atoms with van der Waals surface area (Å²) in [6.45, 7) is 12.6. The molecule has 0 amide bonds. The first-order chi connectivity index (χ1) is 7.41. The van der Waals surface area contributed by atoms with Gasteiger partial charge in [0.2, 0.25) is 0 Å². The van der Waals surface area contributed by atoms with Crippen LogP contribution >= 0.6 is 11.6 Å². The zero-order chi connectivity index (χ0) is 12.3. The molecule has 1 N–H and O–H groups in total. The quantitative estimate of drug-likeness (QED) is 0.870. The largest absolute Gasteiger partial charge is 0.305 e. The smallest absolute Gasteiger partial charge is 0.0426 e. The fourth-order valence-electron chi connectivity index (χ4n) is 2.05. The Balaban J connectivity index is 2.90. The van der Waals surface area contributed by atoms with E-state index in [0.717, 1.165) is 11.4 Å². The van der Waals surface area contributed by atoms with E-state index < -0.39 is 0 Å². The maximum atomic E-state index is 5.74. The van der Waals surface area contributed by atoms with Crippen molar-refractivity contribution in [2.75, 3.05) is 6.54 Å². The van der Waals surface area contributed by atoms with Crippen molar-refractivity contribution in [2.45, 2.75) is 33.7 Å². The molecule has 16 heavy (non-hydrogen) atoms. The number of halogens is 1. The number of hydrogen-bond donors (Lipinski definition) is 1. The molecule has 0 fully saturated rings. The molecular weight excluding hydrogens is 220 g/mol. The Kier molecular flexibility index (Phi) is 4.51. The third kappa shape index (κ3) is 3.32. The van der Waals surface area contributed by atoms with Gasteiger partial charge in [0.1, 0.15) is 0 Å². The van der Waals surface area contributed by atoms with E-state index in [0.29, 0.717) is 11.6 Å². The van der Waals surface area contributed by atoms with Gasteiger partial charge >= 0.3 is 0 Å². The standard InChI is InChI=1S/C13H19ClN2/c1-8-6-10(3)16-12(5)13(8)11(4)15-7-9(2)14/h6,11,15H,2,7H2,1,3-5H3. The lowest BCUT2D eigenvalue weighted by atomic mass is 10.0. The van der Waals surface area contributed by atoms with Gasteiger partial charge in [0.15, 0.2) is 0 Å². The van der Waals surface area contributed by atoms with Crippen LogP contribution in [0.3, 0.4) is 0 Å². The Labute approximate surface area is 103 Å². The molecule has 0 aliphatic heterocycles. The molecule has 0 bridgehead atoms. The molecule has 1 unspecified atom stereocenters. The molecule has 1 rings (SSSR count). The summed E-state index contributed by atoms with van der Waals surface area (Å²) < 4.78 is 0. The summed E-state index contributed by atoms with van der Waals surface area (Å²) in [5, 5.41) is 3.96. The summed E-state index contributed by atoms with van der Waals surface area (Å²) >= 11 is 5.74. The molecule has 1 heterocycles. The molecule has 0 aromatic carbocycles. The minimum atomic E-state index is 0.239.